The predicted octanol–water partition coefficient (Wildman–Crippen LogP) is 2.77. The van der Waals surface area contributed by atoms with Crippen LogP contribution in [0.3, 0.4) is 0 Å². The molecule has 1 aliphatic carbocycles. The minimum atomic E-state index is -0.838. The highest BCUT2D eigenvalue weighted by molar-refractivity contribution is 5.83. The number of carbonyl (C=O) groups excluding carboxylic acids is 3. The first-order chi connectivity index (χ1) is 14.0. The monoisotopic (exact) mass is 402 g/mol. The van der Waals surface area contributed by atoms with Crippen molar-refractivity contribution in [3.8, 4) is 5.75 Å². The molecule has 0 saturated carbocycles. The molecule has 3 unspecified atom stereocenters. The molecule has 7 nitrogen and oxygen atoms in total. The molecule has 0 N–H and O–H groups in total. The molecule has 0 radical (unpaired) electrons. The van der Waals surface area contributed by atoms with Gasteiger partial charge in [0.05, 0.1) is 18.9 Å². The number of rotatable bonds is 9. The summed E-state index contributed by atoms with van der Waals surface area (Å²) in [5.74, 6) is -2.28. The van der Waals surface area contributed by atoms with Gasteiger partial charge in [-0.1, -0.05) is 36.9 Å². The molecule has 0 spiro atoms. The van der Waals surface area contributed by atoms with Gasteiger partial charge in [0.25, 0.3) is 0 Å². The molecule has 0 fully saturated rings. The van der Waals surface area contributed by atoms with E-state index in [1.54, 1.807) is 6.07 Å². The van der Waals surface area contributed by atoms with Crippen molar-refractivity contribution in [2.75, 3.05) is 20.3 Å². The Bertz CT molecular complexity index is 768. The number of benzene rings is 1. The van der Waals surface area contributed by atoms with Crippen LogP contribution in [-0.2, 0) is 28.6 Å². The fourth-order valence-corrected chi connectivity index (χ4v) is 2.99. The maximum absolute atomic E-state index is 12.8. The SMILES string of the molecule is C=CC(=O)OCC(COc1ccccc1C)OC(=O)C1CC=CCC1C(=O)OC. The molecule has 1 aromatic rings. The Morgan fingerprint density at radius 1 is 1.10 bits per heavy atom. The van der Waals surface area contributed by atoms with Crippen LogP contribution in [-0.4, -0.2) is 44.3 Å². The molecule has 0 heterocycles. The second-order valence-electron chi connectivity index (χ2n) is 6.65. The summed E-state index contributed by atoms with van der Waals surface area (Å²) in [7, 11) is 1.29. The zero-order chi connectivity index (χ0) is 21.2. The van der Waals surface area contributed by atoms with E-state index < -0.39 is 35.8 Å². The lowest BCUT2D eigenvalue weighted by atomic mass is 9.83. The van der Waals surface area contributed by atoms with Gasteiger partial charge in [0.1, 0.15) is 19.0 Å². The first kappa shape index (κ1) is 22.2. The third-order valence-corrected chi connectivity index (χ3v) is 4.62. The Morgan fingerprint density at radius 3 is 2.38 bits per heavy atom. The number of esters is 3. The number of carbonyl (C=O) groups is 3. The van der Waals surface area contributed by atoms with Gasteiger partial charge in [0, 0.05) is 6.08 Å². The van der Waals surface area contributed by atoms with Gasteiger partial charge < -0.3 is 18.9 Å². The third-order valence-electron chi connectivity index (χ3n) is 4.62. The smallest absolute Gasteiger partial charge is 0.330 e. The van der Waals surface area contributed by atoms with E-state index in [0.29, 0.717) is 18.6 Å². The lowest BCUT2D eigenvalue weighted by molar-refractivity contribution is -0.168. The van der Waals surface area contributed by atoms with Crippen molar-refractivity contribution in [2.24, 2.45) is 11.8 Å². The van der Waals surface area contributed by atoms with Gasteiger partial charge in [-0.2, -0.15) is 0 Å². The Kier molecular flexibility index (Phi) is 8.45. The van der Waals surface area contributed by atoms with Gasteiger partial charge in [0.15, 0.2) is 6.10 Å². The molecule has 0 saturated heterocycles. The third kappa shape index (κ3) is 6.48. The van der Waals surface area contributed by atoms with E-state index in [-0.39, 0.29) is 13.2 Å². The fraction of sp³-hybridized carbons (Fsp3) is 0.409. The lowest BCUT2D eigenvalue weighted by Gasteiger charge is -2.27. The number of hydrogen-bond donors (Lipinski definition) is 0. The number of para-hydroxylation sites is 1. The van der Waals surface area contributed by atoms with E-state index in [2.05, 4.69) is 6.58 Å². The normalized spacial score (nSPS) is 19.0. The average Bonchev–Trinajstić information content (AvgIpc) is 2.75. The molecule has 3 atom stereocenters. The molecule has 1 aromatic carbocycles. The molecule has 0 aromatic heterocycles. The van der Waals surface area contributed by atoms with Crippen LogP contribution in [0.2, 0.25) is 0 Å². The summed E-state index contributed by atoms with van der Waals surface area (Å²) in [6.45, 7) is 5.04. The van der Waals surface area contributed by atoms with E-state index in [9.17, 15) is 14.4 Å². The van der Waals surface area contributed by atoms with E-state index in [4.69, 9.17) is 18.9 Å². The molecule has 29 heavy (non-hydrogen) atoms. The van der Waals surface area contributed by atoms with Crippen LogP contribution in [0.1, 0.15) is 18.4 Å². The molecule has 1 aliphatic rings. The van der Waals surface area contributed by atoms with Gasteiger partial charge in [-0.15, -0.1) is 0 Å². The van der Waals surface area contributed by atoms with Crippen molar-refractivity contribution in [2.45, 2.75) is 25.9 Å². The van der Waals surface area contributed by atoms with Gasteiger partial charge in [0.2, 0.25) is 0 Å². The van der Waals surface area contributed by atoms with Crippen molar-refractivity contribution >= 4 is 17.9 Å². The zero-order valence-electron chi connectivity index (χ0n) is 16.7. The number of hydrogen-bond acceptors (Lipinski definition) is 7. The number of aryl methyl sites for hydroxylation is 1. The highest BCUT2D eigenvalue weighted by Gasteiger charge is 2.37. The van der Waals surface area contributed by atoms with Crippen LogP contribution < -0.4 is 4.74 Å². The first-order valence-electron chi connectivity index (χ1n) is 9.37. The second kappa shape index (κ2) is 11.0. The van der Waals surface area contributed by atoms with Crippen LogP contribution in [0.25, 0.3) is 0 Å². The van der Waals surface area contributed by atoms with Gasteiger partial charge in [-0.3, -0.25) is 9.59 Å². The molecular weight excluding hydrogens is 376 g/mol. The highest BCUT2D eigenvalue weighted by atomic mass is 16.6. The second-order valence-corrected chi connectivity index (χ2v) is 6.65. The van der Waals surface area contributed by atoms with E-state index in [1.807, 2.05) is 37.3 Å². The van der Waals surface area contributed by atoms with Crippen LogP contribution in [0.15, 0.2) is 49.1 Å². The largest absolute Gasteiger partial charge is 0.489 e. The zero-order valence-corrected chi connectivity index (χ0v) is 16.7. The number of allylic oxidation sites excluding steroid dienone is 2. The topological polar surface area (TPSA) is 88.1 Å². The minimum absolute atomic E-state index is 0.00747. The van der Waals surface area contributed by atoms with Gasteiger partial charge in [-0.05, 0) is 31.4 Å². The summed E-state index contributed by atoms with van der Waals surface area (Å²) in [5.41, 5.74) is 0.920. The summed E-state index contributed by atoms with van der Waals surface area (Å²) in [6, 6.07) is 7.40. The first-order valence-corrected chi connectivity index (χ1v) is 9.37. The summed E-state index contributed by atoms with van der Waals surface area (Å²) in [4.78, 5) is 36.2. The Morgan fingerprint density at radius 2 is 1.76 bits per heavy atom. The maximum Gasteiger partial charge on any atom is 0.330 e. The molecule has 7 heteroatoms. The maximum atomic E-state index is 12.8. The van der Waals surface area contributed by atoms with Crippen molar-refractivity contribution in [3.05, 3.63) is 54.6 Å². The predicted molar refractivity (Wildman–Crippen MR) is 105 cm³/mol. The van der Waals surface area contributed by atoms with E-state index in [1.165, 1.54) is 7.11 Å². The van der Waals surface area contributed by atoms with Gasteiger partial charge in [-0.25, -0.2) is 4.79 Å². The average molecular weight is 402 g/mol. The number of ether oxygens (including phenoxy) is 4. The van der Waals surface area contributed by atoms with Crippen LogP contribution in [0.4, 0.5) is 0 Å². The highest BCUT2D eigenvalue weighted by Crippen LogP contribution is 2.28. The molecule has 156 valence electrons. The molecule has 0 amide bonds. The molecule has 0 aliphatic heterocycles. The van der Waals surface area contributed by atoms with Crippen LogP contribution in [0.5, 0.6) is 5.75 Å². The van der Waals surface area contributed by atoms with E-state index >= 15 is 0 Å². The molecule has 0 bridgehead atoms. The Hall–Kier alpha value is -3.09. The van der Waals surface area contributed by atoms with Crippen molar-refractivity contribution in [1.82, 2.24) is 0 Å². The van der Waals surface area contributed by atoms with Crippen LogP contribution in [0, 0.1) is 18.8 Å². The van der Waals surface area contributed by atoms with Gasteiger partial charge >= 0.3 is 17.9 Å². The summed E-state index contributed by atoms with van der Waals surface area (Å²) in [6.07, 6.45) is 4.65. The summed E-state index contributed by atoms with van der Waals surface area (Å²) in [5, 5.41) is 0. The molecular formula is C22H26O7. The van der Waals surface area contributed by atoms with E-state index in [0.717, 1.165) is 11.6 Å². The van der Waals surface area contributed by atoms with Crippen molar-refractivity contribution in [1.29, 1.82) is 0 Å². The fourth-order valence-electron chi connectivity index (χ4n) is 2.99. The minimum Gasteiger partial charge on any atom is -0.489 e. The Labute approximate surface area is 170 Å². The van der Waals surface area contributed by atoms with Crippen molar-refractivity contribution < 1.29 is 33.3 Å². The Balaban J connectivity index is 2.06. The molecule has 2 rings (SSSR count). The van der Waals surface area contributed by atoms with Crippen molar-refractivity contribution in [3.63, 3.8) is 0 Å². The number of methoxy groups -OCH3 is 1. The lowest BCUT2D eigenvalue weighted by Crippen LogP contribution is -2.38. The summed E-state index contributed by atoms with van der Waals surface area (Å²) >= 11 is 0. The quantitative estimate of drug-likeness (QED) is 0.272. The van der Waals surface area contributed by atoms with Crippen LogP contribution >= 0.6 is 0 Å². The standard InChI is InChI=1S/C22H26O7/c1-4-20(23)28-14-16(13-27-19-12-8-5-9-15(19)2)29-22(25)18-11-7-6-10-17(18)21(24)26-3/h4-9,12,16-18H,1,10-11,13-14H2,2-3H3. The summed E-state index contributed by atoms with van der Waals surface area (Å²) < 4.78 is 21.1.